The van der Waals surface area contributed by atoms with Gasteiger partial charge in [0.25, 0.3) is 0 Å². The summed E-state index contributed by atoms with van der Waals surface area (Å²) in [5.41, 5.74) is 0. The lowest BCUT2D eigenvalue weighted by molar-refractivity contribution is -0.143. The van der Waals surface area contributed by atoms with Crippen molar-refractivity contribution in [2.24, 2.45) is 5.92 Å². The van der Waals surface area contributed by atoms with E-state index in [1.807, 2.05) is 0 Å². The number of hydrogen-bond donors (Lipinski definition) is 1. The van der Waals surface area contributed by atoms with Gasteiger partial charge in [0, 0.05) is 13.0 Å². The van der Waals surface area contributed by atoms with Gasteiger partial charge in [-0.15, -0.1) is 0 Å². The lowest BCUT2D eigenvalue weighted by atomic mass is 9.92. The molecule has 174 valence electrons. The summed E-state index contributed by atoms with van der Waals surface area (Å²) < 4.78 is 5.29. The number of aliphatic hydroxyl groups is 1. The summed E-state index contributed by atoms with van der Waals surface area (Å²) in [6, 6.07) is 0. The standard InChI is InChI=1S/C26H52O3/c1-3-5-6-19-24-29-26(28)22-17-13-10-12-16-21-25(4-2)20-15-11-8-7-9-14-18-23-27/h25,27H,3-24H2,1-2H3. The average Bonchev–Trinajstić information content (AvgIpc) is 2.73. The molecule has 0 bridgehead atoms. The third kappa shape index (κ3) is 21.9. The van der Waals surface area contributed by atoms with Crippen LogP contribution in [0.3, 0.4) is 0 Å². The molecular formula is C26H52O3. The Morgan fingerprint density at radius 1 is 0.690 bits per heavy atom. The van der Waals surface area contributed by atoms with Gasteiger partial charge >= 0.3 is 5.97 Å². The SMILES string of the molecule is CCCCCCOC(=O)CCCCCCCC(CC)CCCCCCCCCO. The third-order valence-corrected chi connectivity index (χ3v) is 6.10. The van der Waals surface area contributed by atoms with Crippen LogP contribution < -0.4 is 0 Å². The largest absolute Gasteiger partial charge is 0.466 e. The van der Waals surface area contributed by atoms with Gasteiger partial charge in [-0.2, -0.15) is 0 Å². The molecule has 0 aliphatic rings. The molecule has 1 N–H and O–H groups in total. The first-order valence-corrected chi connectivity index (χ1v) is 13.0. The smallest absolute Gasteiger partial charge is 0.305 e. The molecule has 1 unspecified atom stereocenters. The molecule has 0 amide bonds. The van der Waals surface area contributed by atoms with Crippen LogP contribution >= 0.6 is 0 Å². The summed E-state index contributed by atoms with van der Waals surface area (Å²) >= 11 is 0. The van der Waals surface area contributed by atoms with Crippen LogP contribution in [0, 0.1) is 5.92 Å². The molecule has 0 heterocycles. The lowest BCUT2D eigenvalue weighted by Crippen LogP contribution is -2.05. The number of hydrogen-bond acceptors (Lipinski definition) is 3. The fourth-order valence-electron chi connectivity index (χ4n) is 4.00. The minimum Gasteiger partial charge on any atom is -0.466 e. The molecule has 0 aromatic heterocycles. The van der Waals surface area contributed by atoms with E-state index in [9.17, 15) is 4.79 Å². The molecule has 0 aromatic carbocycles. The van der Waals surface area contributed by atoms with Crippen LogP contribution in [0.25, 0.3) is 0 Å². The first-order valence-electron chi connectivity index (χ1n) is 13.0. The van der Waals surface area contributed by atoms with Crippen LogP contribution in [0.4, 0.5) is 0 Å². The number of aliphatic hydroxyl groups excluding tert-OH is 1. The van der Waals surface area contributed by atoms with Crippen LogP contribution in [0.5, 0.6) is 0 Å². The summed E-state index contributed by atoms with van der Waals surface area (Å²) in [6.45, 7) is 5.50. The zero-order valence-corrected chi connectivity index (χ0v) is 19.9. The van der Waals surface area contributed by atoms with Crippen molar-refractivity contribution in [3.05, 3.63) is 0 Å². The van der Waals surface area contributed by atoms with E-state index in [4.69, 9.17) is 9.84 Å². The molecule has 0 saturated carbocycles. The minimum atomic E-state index is 0.000872. The van der Waals surface area contributed by atoms with Gasteiger partial charge in [-0.25, -0.2) is 0 Å². The van der Waals surface area contributed by atoms with Crippen molar-refractivity contribution < 1.29 is 14.6 Å². The first kappa shape index (κ1) is 28.4. The number of carbonyl (C=O) groups is 1. The van der Waals surface area contributed by atoms with Crippen molar-refractivity contribution in [3.63, 3.8) is 0 Å². The fraction of sp³-hybridized carbons (Fsp3) is 0.962. The van der Waals surface area contributed by atoms with E-state index in [1.54, 1.807) is 0 Å². The molecule has 0 aliphatic heterocycles. The Hall–Kier alpha value is -0.570. The van der Waals surface area contributed by atoms with E-state index in [2.05, 4.69) is 13.8 Å². The molecule has 3 heteroatoms. The molecule has 1 atom stereocenters. The van der Waals surface area contributed by atoms with Gasteiger partial charge in [0.05, 0.1) is 6.61 Å². The van der Waals surface area contributed by atoms with E-state index in [0.717, 1.165) is 31.6 Å². The molecule has 0 fully saturated rings. The quantitative estimate of drug-likeness (QED) is 0.137. The predicted molar refractivity (Wildman–Crippen MR) is 125 cm³/mol. The highest BCUT2D eigenvalue weighted by molar-refractivity contribution is 5.69. The third-order valence-electron chi connectivity index (χ3n) is 6.10. The van der Waals surface area contributed by atoms with Crippen molar-refractivity contribution in [2.45, 2.75) is 142 Å². The minimum absolute atomic E-state index is 0.000872. The highest BCUT2D eigenvalue weighted by Crippen LogP contribution is 2.21. The van der Waals surface area contributed by atoms with Gasteiger partial charge in [0.2, 0.25) is 0 Å². The highest BCUT2D eigenvalue weighted by atomic mass is 16.5. The van der Waals surface area contributed by atoms with Crippen LogP contribution in [0.2, 0.25) is 0 Å². The second-order valence-corrected chi connectivity index (χ2v) is 8.85. The fourth-order valence-corrected chi connectivity index (χ4v) is 4.00. The van der Waals surface area contributed by atoms with Gasteiger partial charge in [0.15, 0.2) is 0 Å². The van der Waals surface area contributed by atoms with Crippen LogP contribution in [-0.4, -0.2) is 24.3 Å². The summed E-state index contributed by atoms with van der Waals surface area (Å²) in [7, 11) is 0. The molecule has 3 nitrogen and oxygen atoms in total. The number of esters is 1. The Balaban J connectivity index is 3.39. The zero-order chi connectivity index (χ0) is 21.4. The van der Waals surface area contributed by atoms with Gasteiger partial charge in [-0.05, 0) is 25.2 Å². The number of rotatable bonds is 23. The van der Waals surface area contributed by atoms with Crippen LogP contribution in [-0.2, 0) is 9.53 Å². The Morgan fingerprint density at radius 3 is 1.76 bits per heavy atom. The zero-order valence-electron chi connectivity index (χ0n) is 19.9. The normalized spacial score (nSPS) is 12.2. The molecule has 0 saturated heterocycles. The van der Waals surface area contributed by atoms with Crippen molar-refractivity contribution >= 4 is 5.97 Å². The maximum Gasteiger partial charge on any atom is 0.305 e. The summed E-state index contributed by atoms with van der Waals surface area (Å²) in [6.07, 6.45) is 24.3. The Morgan fingerprint density at radius 2 is 1.21 bits per heavy atom. The number of carbonyl (C=O) groups excluding carboxylic acids is 1. The molecule has 0 rings (SSSR count). The van der Waals surface area contributed by atoms with Gasteiger partial charge in [0.1, 0.15) is 0 Å². The van der Waals surface area contributed by atoms with E-state index < -0.39 is 0 Å². The Kier molecular flexibility index (Phi) is 23.2. The Bertz CT molecular complexity index is 330. The molecule has 0 aromatic rings. The lowest BCUT2D eigenvalue weighted by Gasteiger charge is -2.14. The topological polar surface area (TPSA) is 46.5 Å². The molecule has 0 aliphatic carbocycles. The maximum absolute atomic E-state index is 11.7. The average molecular weight is 413 g/mol. The van der Waals surface area contributed by atoms with Crippen molar-refractivity contribution in [1.29, 1.82) is 0 Å². The highest BCUT2D eigenvalue weighted by Gasteiger charge is 2.06. The Labute approximate surface area is 182 Å². The maximum atomic E-state index is 11.7. The second kappa shape index (κ2) is 23.7. The van der Waals surface area contributed by atoms with E-state index in [-0.39, 0.29) is 5.97 Å². The molecule has 0 radical (unpaired) electrons. The summed E-state index contributed by atoms with van der Waals surface area (Å²) in [5, 5.41) is 8.78. The van der Waals surface area contributed by atoms with Crippen LogP contribution in [0.15, 0.2) is 0 Å². The monoisotopic (exact) mass is 412 g/mol. The first-order chi connectivity index (χ1) is 14.2. The van der Waals surface area contributed by atoms with Crippen molar-refractivity contribution in [2.75, 3.05) is 13.2 Å². The second-order valence-electron chi connectivity index (χ2n) is 8.85. The van der Waals surface area contributed by atoms with E-state index in [1.165, 1.54) is 96.3 Å². The summed E-state index contributed by atoms with van der Waals surface area (Å²) in [4.78, 5) is 11.7. The van der Waals surface area contributed by atoms with E-state index >= 15 is 0 Å². The molecule has 0 spiro atoms. The van der Waals surface area contributed by atoms with Crippen molar-refractivity contribution in [1.82, 2.24) is 0 Å². The predicted octanol–water partition coefficient (Wildman–Crippen LogP) is 7.98. The summed E-state index contributed by atoms with van der Waals surface area (Å²) in [5.74, 6) is 0.910. The van der Waals surface area contributed by atoms with E-state index in [0.29, 0.717) is 19.6 Å². The number of ether oxygens (including phenoxy) is 1. The van der Waals surface area contributed by atoms with Crippen LogP contribution in [0.1, 0.15) is 142 Å². The number of unbranched alkanes of at least 4 members (excludes halogenated alkanes) is 13. The van der Waals surface area contributed by atoms with Gasteiger partial charge in [-0.1, -0.05) is 117 Å². The van der Waals surface area contributed by atoms with Gasteiger partial charge in [-0.3, -0.25) is 4.79 Å². The molecular weight excluding hydrogens is 360 g/mol. The van der Waals surface area contributed by atoms with Gasteiger partial charge < -0.3 is 9.84 Å². The van der Waals surface area contributed by atoms with Crippen molar-refractivity contribution in [3.8, 4) is 0 Å². The molecule has 29 heavy (non-hydrogen) atoms.